The molecule has 0 aromatic heterocycles. The van der Waals surface area contributed by atoms with E-state index in [-0.39, 0.29) is 0 Å². The molecule has 2 aliphatic rings. The number of benzene rings is 1. The molecular weight excluding hydrogens is 304 g/mol. The first-order chi connectivity index (χ1) is 11.8. The van der Waals surface area contributed by atoms with E-state index in [0.29, 0.717) is 13.2 Å². The van der Waals surface area contributed by atoms with Gasteiger partial charge in [-0.15, -0.1) is 0 Å². The number of hydrogen-bond donors (Lipinski definition) is 1. The molecule has 0 aliphatic carbocycles. The highest BCUT2D eigenvalue weighted by atomic mass is 16.5. The lowest BCUT2D eigenvalue weighted by molar-refractivity contribution is 0.0191. The fourth-order valence-electron chi connectivity index (χ4n) is 3.56. The Hall–Kier alpha value is -1.14. The number of morpholine rings is 1. The lowest BCUT2D eigenvalue weighted by Crippen LogP contribution is -2.44. The summed E-state index contributed by atoms with van der Waals surface area (Å²) < 4.78 is 11.1. The van der Waals surface area contributed by atoms with Crippen molar-refractivity contribution in [3.63, 3.8) is 0 Å². The number of para-hydroxylation sites is 1. The van der Waals surface area contributed by atoms with Crippen LogP contribution in [0.1, 0.15) is 12.8 Å². The standard InChI is InChI=1S/C19H30N2O3/c22-18(16-24-19-4-2-1-3-5-19)15-20-8-6-17(7-9-20)14-21-10-12-23-13-11-21/h1-5,17-18,22H,6-16H2. The van der Waals surface area contributed by atoms with E-state index in [1.54, 1.807) is 0 Å². The predicted molar refractivity (Wildman–Crippen MR) is 94.4 cm³/mol. The number of nitrogens with zero attached hydrogens (tertiary/aromatic N) is 2. The highest BCUT2D eigenvalue weighted by molar-refractivity contribution is 5.20. The fourth-order valence-corrected chi connectivity index (χ4v) is 3.56. The van der Waals surface area contributed by atoms with Gasteiger partial charge in [0.1, 0.15) is 18.5 Å². The van der Waals surface area contributed by atoms with Crippen LogP contribution in [0.15, 0.2) is 30.3 Å². The number of aliphatic hydroxyl groups is 1. The number of likely N-dealkylation sites (tertiary alicyclic amines) is 1. The Morgan fingerprint density at radius 1 is 1.04 bits per heavy atom. The van der Waals surface area contributed by atoms with Crippen molar-refractivity contribution < 1.29 is 14.6 Å². The molecule has 1 aromatic carbocycles. The number of piperidine rings is 1. The van der Waals surface area contributed by atoms with Gasteiger partial charge in [-0.1, -0.05) is 18.2 Å². The lowest BCUT2D eigenvalue weighted by atomic mass is 9.96. The molecule has 2 aliphatic heterocycles. The molecule has 3 rings (SSSR count). The molecule has 1 N–H and O–H groups in total. The Labute approximate surface area is 145 Å². The van der Waals surface area contributed by atoms with Crippen LogP contribution in [0, 0.1) is 5.92 Å². The maximum Gasteiger partial charge on any atom is 0.119 e. The normalized spacial score (nSPS) is 22.4. The second kappa shape index (κ2) is 9.37. The average Bonchev–Trinajstić information content (AvgIpc) is 2.63. The first kappa shape index (κ1) is 17.7. The van der Waals surface area contributed by atoms with Crippen molar-refractivity contribution in [2.45, 2.75) is 18.9 Å². The molecule has 1 atom stereocenters. The van der Waals surface area contributed by atoms with Crippen LogP contribution in [0.3, 0.4) is 0 Å². The zero-order valence-electron chi connectivity index (χ0n) is 14.5. The van der Waals surface area contributed by atoms with Gasteiger partial charge in [0.15, 0.2) is 0 Å². The number of rotatable bonds is 7. The minimum atomic E-state index is -0.430. The van der Waals surface area contributed by atoms with E-state index in [0.717, 1.165) is 51.1 Å². The first-order valence-corrected chi connectivity index (χ1v) is 9.18. The van der Waals surface area contributed by atoms with E-state index in [4.69, 9.17) is 9.47 Å². The van der Waals surface area contributed by atoms with Gasteiger partial charge in [-0.25, -0.2) is 0 Å². The van der Waals surface area contributed by atoms with E-state index in [1.807, 2.05) is 30.3 Å². The fraction of sp³-hybridized carbons (Fsp3) is 0.684. The van der Waals surface area contributed by atoms with Crippen LogP contribution in [0.2, 0.25) is 0 Å². The third kappa shape index (κ3) is 5.74. The molecule has 0 amide bonds. The van der Waals surface area contributed by atoms with Crippen LogP contribution in [-0.4, -0.2) is 80.1 Å². The molecule has 2 heterocycles. The monoisotopic (exact) mass is 334 g/mol. The minimum Gasteiger partial charge on any atom is -0.491 e. The van der Waals surface area contributed by atoms with Gasteiger partial charge in [-0.3, -0.25) is 4.90 Å². The maximum atomic E-state index is 10.2. The maximum absolute atomic E-state index is 10.2. The lowest BCUT2D eigenvalue weighted by Gasteiger charge is -2.36. The second-order valence-corrected chi connectivity index (χ2v) is 6.93. The molecule has 0 radical (unpaired) electrons. The highest BCUT2D eigenvalue weighted by Gasteiger charge is 2.23. The zero-order chi connectivity index (χ0) is 16.6. The molecule has 0 saturated carbocycles. The van der Waals surface area contributed by atoms with Crippen LogP contribution in [0.25, 0.3) is 0 Å². The van der Waals surface area contributed by atoms with Gasteiger partial charge in [0.2, 0.25) is 0 Å². The third-order valence-corrected chi connectivity index (χ3v) is 4.98. The van der Waals surface area contributed by atoms with Gasteiger partial charge in [0.25, 0.3) is 0 Å². The Kier molecular flexibility index (Phi) is 6.90. The molecule has 1 unspecified atom stereocenters. The molecule has 134 valence electrons. The largest absolute Gasteiger partial charge is 0.491 e. The Morgan fingerprint density at radius 3 is 2.46 bits per heavy atom. The number of β-amino-alcohol motifs (C(OH)–C–C–N with tert-alkyl or cyclic N) is 1. The minimum absolute atomic E-state index is 0.359. The van der Waals surface area contributed by atoms with Crippen molar-refractivity contribution >= 4 is 0 Å². The summed E-state index contributed by atoms with van der Waals surface area (Å²) in [7, 11) is 0. The Morgan fingerprint density at radius 2 is 1.75 bits per heavy atom. The Bertz CT molecular complexity index is 457. The Balaban J connectivity index is 1.31. The molecule has 24 heavy (non-hydrogen) atoms. The van der Waals surface area contributed by atoms with E-state index in [2.05, 4.69) is 9.80 Å². The topological polar surface area (TPSA) is 45.2 Å². The van der Waals surface area contributed by atoms with E-state index in [1.165, 1.54) is 19.4 Å². The average molecular weight is 334 g/mol. The van der Waals surface area contributed by atoms with E-state index in [9.17, 15) is 5.11 Å². The quantitative estimate of drug-likeness (QED) is 0.818. The summed E-state index contributed by atoms with van der Waals surface area (Å²) in [6, 6.07) is 9.69. The van der Waals surface area contributed by atoms with Crippen molar-refractivity contribution in [1.82, 2.24) is 9.80 Å². The van der Waals surface area contributed by atoms with Gasteiger partial charge in [-0.2, -0.15) is 0 Å². The number of aliphatic hydroxyl groups excluding tert-OH is 1. The summed E-state index contributed by atoms with van der Waals surface area (Å²) in [6.07, 6.45) is 2.02. The van der Waals surface area contributed by atoms with Gasteiger partial charge in [0.05, 0.1) is 13.2 Å². The molecule has 2 saturated heterocycles. The number of ether oxygens (including phenoxy) is 2. The van der Waals surface area contributed by atoms with E-state index < -0.39 is 6.10 Å². The van der Waals surface area contributed by atoms with Gasteiger partial charge >= 0.3 is 0 Å². The van der Waals surface area contributed by atoms with Crippen molar-refractivity contribution in [3.8, 4) is 5.75 Å². The van der Waals surface area contributed by atoms with Crippen LogP contribution in [0.4, 0.5) is 0 Å². The molecule has 5 nitrogen and oxygen atoms in total. The summed E-state index contributed by atoms with van der Waals surface area (Å²) in [5, 5.41) is 10.2. The van der Waals surface area contributed by atoms with Crippen LogP contribution < -0.4 is 4.74 Å². The van der Waals surface area contributed by atoms with Crippen molar-refractivity contribution in [2.24, 2.45) is 5.92 Å². The van der Waals surface area contributed by atoms with Crippen LogP contribution >= 0.6 is 0 Å². The van der Waals surface area contributed by atoms with Gasteiger partial charge < -0.3 is 19.5 Å². The summed E-state index contributed by atoms with van der Waals surface area (Å²) in [5.41, 5.74) is 0. The smallest absolute Gasteiger partial charge is 0.119 e. The van der Waals surface area contributed by atoms with Crippen LogP contribution in [-0.2, 0) is 4.74 Å². The van der Waals surface area contributed by atoms with Crippen molar-refractivity contribution in [3.05, 3.63) is 30.3 Å². The van der Waals surface area contributed by atoms with Crippen LogP contribution in [0.5, 0.6) is 5.75 Å². The van der Waals surface area contributed by atoms with Gasteiger partial charge in [-0.05, 0) is 44.0 Å². The summed E-state index contributed by atoms with van der Waals surface area (Å²) in [6.45, 7) is 8.35. The summed E-state index contributed by atoms with van der Waals surface area (Å²) in [5.74, 6) is 1.61. The predicted octanol–water partition coefficient (Wildman–Crippen LogP) is 1.47. The molecule has 1 aromatic rings. The van der Waals surface area contributed by atoms with Gasteiger partial charge in [0, 0.05) is 26.2 Å². The van der Waals surface area contributed by atoms with E-state index >= 15 is 0 Å². The summed E-state index contributed by atoms with van der Waals surface area (Å²) in [4.78, 5) is 4.90. The molecular formula is C19H30N2O3. The first-order valence-electron chi connectivity index (χ1n) is 9.18. The molecule has 2 fully saturated rings. The van der Waals surface area contributed by atoms with Crippen molar-refractivity contribution in [1.29, 1.82) is 0 Å². The third-order valence-electron chi connectivity index (χ3n) is 4.98. The zero-order valence-corrected chi connectivity index (χ0v) is 14.5. The molecule has 0 spiro atoms. The summed E-state index contributed by atoms with van der Waals surface area (Å²) >= 11 is 0. The number of hydrogen-bond acceptors (Lipinski definition) is 5. The SMILES string of the molecule is OC(COc1ccccc1)CN1CCC(CN2CCOCC2)CC1. The molecule has 0 bridgehead atoms. The second-order valence-electron chi connectivity index (χ2n) is 6.93. The molecule has 5 heteroatoms. The van der Waals surface area contributed by atoms with Crippen molar-refractivity contribution in [2.75, 3.05) is 59.1 Å². The highest BCUT2D eigenvalue weighted by Crippen LogP contribution is 2.19.